The summed E-state index contributed by atoms with van der Waals surface area (Å²) in [5, 5.41) is 2.45. The van der Waals surface area contributed by atoms with Crippen LogP contribution in [0.25, 0.3) is 0 Å². The zero-order valence-electron chi connectivity index (χ0n) is 4.92. The minimum absolute atomic E-state index is 0.539. The van der Waals surface area contributed by atoms with Crippen molar-refractivity contribution < 1.29 is 4.79 Å². The molecule has 0 unspecified atom stereocenters. The van der Waals surface area contributed by atoms with Crippen molar-refractivity contribution in [2.45, 2.75) is 6.92 Å². The van der Waals surface area contributed by atoms with Gasteiger partial charge in [0.25, 0.3) is 0 Å². The molecule has 0 fully saturated rings. The minimum Gasteiger partial charge on any atom is -0.354 e. The second-order valence-corrected chi connectivity index (χ2v) is 1.21. The summed E-state index contributed by atoms with van der Waals surface area (Å²) in [5.41, 5.74) is 0. The van der Waals surface area contributed by atoms with Crippen molar-refractivity contribution in [2.75, 3.05) is 13.1 Å². The molecule has 1 amide bonds. The van der Waals surface area contributed by atoms with Crippen molar-refractivity contribution in [1.82, 2.24) is 5.32 Å². The number of nitrogens with zero attached hydrogens (tertiary/aromatic N) is 1. The Labute approximate surface area is 48.8 Å². The molecule has 3 nitrogen and oxygen atoms in total. The fraction of sp³-hybridized carbons (Fsp3) is 0.600. The van der Waals surface area contributed by atoms with Crippen LogP contribution in [0.2, 0.25) is 0 Å². The van der Waals surface area contributed by atoms with Gasteiger partial charge >= 0.3 is 0 Å². The molecule has 0 aliphatic carbocycles. The molecule has 0 spiro atoms. The van der Waals surface area contributed by atoms with Gasteiger partial charge in [-0.25, -0.2) is 0 Å². The van der Waals surface area contributed by atoms with Crippen LogP contribution in [0, 0.1) is 0 Å². The Morgan fingerprint density at radius 1 is 1.75 bits per heavy atom. The standard InChI is InChI=1S/C5H10N2O/c1-2-6-3-4-7-5-8/h3,5H,2,4H2,1H3,(H,7,8). The molecule has 0 aromatic carbocycles. The Morgan fingerprint density at radius 3 is 3.00 bits per heavy atom. The largest absolute Gasteiger partial charge is 0.354 e. The number of hydrogen-bond acceptors (Lipinski definition) is 2. The zero-order valence-corrected chi connectivity index (χ0v) is 4.92. The first-order valence-electron chi connectivity index (χ1n) is 2.57. The van der Waals surface area contributed by atoms with Crippen LogP contribution in [0.4, 0.5) is 0 Å². The monoisotopic (exact) mass is 114 g/mol. The van der Waals surface area contributed by atoms with Crippen molar-refractivity contribution in [2.24, 2.45) is 4.99 Å². The van der Waals surface area contributed by atoms with Gasteiger partial charge in [-0.15, -0.1) is 0 Å². The molecule has 0 radical (unpaired) electrons. The van der Waals surface area contributed by atoms with Gasteiger partial charge in [-0.1, -0.05) is 0 Å². The van der Waals surface area contributed by atoms with Gasteiger partial charge in [0, 0.05) is 12.8 Å². The van der Waals surface area contributed by atoms with E-state index in [-0.39, 0.29) is 0 Å². The Kier molecular flexibility index (Phi) is 5.48. The summed E-state index contributed by atoms with van der Waals surface area (Å²) in [5.74, 6) is 0. The first-order valence-corrected chi connectivity index (χ1v) is 2.57. The third-order valence-electron chi connectivity index (χ3n) is 0.604. The molecule has 0 aromatic heterocycles. The van der Waals surface area contributed by atoms with E-state index in [0.717, 1.165) is 6.54 Å². The molecule has 8 heavy (non-hydrogen) atoms. The van der Waals surface area contributed by atoms with Crippen molar-refractivity contribution >= 4 is 12.6 Å². The van der Waals surface area contributed by atoms with Crippen LogP contribution in [0.5, 0.6) is 0 Å². The van der Waals surface area contributed by atoms with Crippen LogP contribution in [-0.4, -0.2) is 25.7 Å². The normalized spacial score (nSPS) is 9.62. The summed E-state index contributed by atoms with van der Waals surface area (Å²) in [6.45, 7) is 3.26. The number of carbonyl (C=O) groups excluding carboxylic acids is 1. The van der Waals surface area contributed by atoms with Gasteiger partial charge in [0.2, 0.25) is 6.41 Å². The first-order chi connectivity index (χ1) is 3.91. The third-order valence-corrected chi connectivity index (χ3v) is 0.604. The number of amides is 1. The van der Waals surface area contributed by atoms with Gasteiger partial charge in [-0.3, -0.25) is 9.79 Å². The number of rotatable bonds is 4. The Balaban J connectivity index is 2.90. The lowest BCUT2D eigenvalue weighted by atomic mass is 10.7. The van der Waals surface area contributed by atoms with E-state index in [4.69, 9.17) is 0 Å². The van der Waals surface area contributed by atoms with Crippen LogP contribution in [0.15, 0.2) is 4.99 Å². The van der Waals surface area contributed by atoms with E-state index < -0.39 is 0 Å². The van der Waals surface area contributed by atoms with Crippen LogP contribution < -0.4 is 5.32 Å². The van der Waals surface area contributed by atoms with Crippen LogP contribution >= 0.6 is 0 Å². The summed E-state index contributed by atoms with van der Waals surface area (Å²) in [6, 6.07) is 0. The molecule has 3 heteroatoms. The highest BCUT2D eigenvalue weighted by Crippen LogP contribution is 1.59. The van der Waals surface area contributed by atoms with Gasteiger partial charge in [-0.2, -0.15) is 0 Å². The van der Waals surface area contributed by atoms with E-state index in [2.05, 4.69) is 10.3 Å². The summed E-state index contributed by atoms with van der Waals surface area (Å²) < 4.78 is 0. The predicted octanol–water partition coefficient (Wildman–Crippen LogP) is -0.177. The van der Waals surface area contributed by atoms with Gasteiger partial charge < -0.3 is 5.32 Å². The molecule has 1 N–H and O–H groups in total. The zero-order chi connectivity index (χ0) is 6.24. The Bertz CT molecular complexity index is 80.5. The predicted molar refractivity (Wildman–Crippen MR) is 33.1 cm³/mol. The lowest BCUT2D eigenvalue weighted by molar-refractivity contribution is -0.109. The van der Waals surface area contributed by atoms with Gasteiger partial charge in [0.05, 0.1) is 6.54 Å². The molecule has 0 aliphatic heterocycles. The SMILES string of the molecule is CCN=CCNC=O. The van der Waals surface area contributed by atoms with Crippen molar-refractivity contribution in [3.63, 3.8) is 0 Å². The van der Waals surface area contributed by atoms with Gasteiger partial charge in [0.15, 0.2) is 0 Å². The summed E-state index contributed by atoms with van der Waals surface area (Å²) in [7, 11) is 0. The van der Waals surface area contributed by atoms with Crippen molar-refractivity contribution in [1.29, 1.82) is 0 Å². The van der Waals surface area contributed by atoms with Gasteiger partial charge in [0.1, 0.15) is 0 Å². The van der Waals surface area contributed by atoms with Crippen molar-refractivity contribution in [3.8, 4) is 0 Å². The molecular formula is C5H10N2O. The van der Waals surface area contributed by atoms with Crippen LogP contribution in [0.1, 0.15) is 6.92 Å². The Morgan fingerprint density at radius 2 is 2.50 bits per heavy atom. The molecule has 0 rings (SSSR count). The highest BCUT2D eigenvalue weighted by atomic mass is 16.1. The quantitative estimate of drug-likeness (QED) is 0.307. The lowest BCUT2D eigenvalue weighted by Crippen LogP contribution is -2.12. The second kappa shape index (κ2) is 6.14. The van der Waals surface area contributed by atoms with E-state index in [9.17, 15) is 4.79 Å². The first kappa shape index (κ1) is 7.14. The lowest BCUT2D eigenvalue weighted by Gasteiger charge is -1.85. The minimum atomic E-state index is 0.539. The maximum atomic E-state index is 9.60. The summed E-state index contributed by atoms with van der Waals surface area (Å²) >= 11 is 0. The molecular weight excluding hydrogens is 104 g/mol. The fourth-order valence-corrected chi connectivity index (χ4v) is 0.294. The van der Waals surface area contributed by atoms with E-state index >= 15 is 0 Å². The van der Waals surface area contributed by atoms with E-state index in [1.54, 1.807) is 6.21 Å². The molecule has 0 atom stereocenters. The molecule has 0 aliphatic rings. The van der Waals surface area contributed by atoms with Crippen molar-refractivity contribution in [3.05, 3.63) is 0 Å². The van der Waals surface area contributed by atoms with E-state index in [0.29, 0.717) is 13.0 Å². The van der Waals surface area contributed by atoms with E-state index in [1.807, 2.05) is 6.92 Å². The average molecular weight is 114 g/mol. The molecule has 0 saturated heterocycles. The van der Waals surface area contributed by atoms with Gasteiger partial charge in [-0.05, 0) is 6.92 Å². The second-order valence-electron chi connectivity index (χ2n) is 1.21. The third kappa shape index (κ3) is 5.14. The summed E-state index contributed by atoms with van der Waals surface area (Å²) in [6.07, 6.45) is 2.33. The maximum Gasteiger partial charge on any atom is 0.207 e. The summed E-state index contributed by atoms with van der Waals surface area (Å²) in [4.78, 5) is 13.5. The van der Waals surface area contributed by atoms with Crippen LogP contribution in [-0.2, 0) is 4.79 Å². The number of hydrogen-bond donors (Lipinski definition) is 1. The fourth-order valence-electron chi connectivity index (χ4n) is 0.294. The molecule has 0 aromatic rings. The highest BCUT2D eigenvalue weighted by Gasteiger charge is 1.70. The smallest absolute Gasteiger partial charge is 0.207 e. The highest BCUT2D eigenvalue weighted by molar-refractivity contribution is 5.63. The van der Waals surface area contributed by atoms with Crippen LogP contribution in [0.3, 0.4) is 0 Å². The number of aliphatic imine (C=N–C) groups is 1. The molecule has 0 bridgehead atoms. The molecule has 46 valence electrons. The number of carbonyl (C=O) groups is 1. The Hall–Kier alpha value is -0.860. The molecule has 0 saturated carbocycles. The number of nitrogens with one attached hydrogen (secondary N) is 1. The van der Waals surface area contributed by atoms with E-state index in [1.165, 1.54) is 0 Å². The topological polar surface area (TPSA) is 41.5 Å². The average Bonchev–Trinajstić information content (AvgIpc) is 1.81. The maximum absolute atomic E-state index is 9.60. The molecule has 0 heterocycles.